The summed E-state index contributed by atoms with van der Waals surface area (Å²) in [6.07, 6.45) is -4.72. The number of anilines is 1. The van der Waals surface area contributed by atoms with E-state index in [2.05, 4.69) is 10.4 Å². The normalized spacial score (nSPS) is 11.6. The fraction of sp³-hybridized carbons (Fsp3) is 0.158. The molecule has 0 fully saturated rings. The summed E-state index contributed by atoms with van der Waals surface area (Å²) in [6, 6.07) is 4.30. The maximum absolute atomic E-state index is 14.6. The minimum atomic E-state index is -4.72. The SMILES string of the molecule is CCn1nc(C(F)(F)F)cc1-c1ccc(NC(=O)c2c(F)cc(F)cc2F)cc1F. The van der Waals surface area contributed by atoms with Crippen LogP contribution in [-0.2, 0) is 12.7 Å². The fourth-order valence-electron chi connectivity index (χ4n) is 2.77. The quantitative estimate of drug-likeness (QED) is 0.563. The van der Waals surface area contributed by atoms with Crippen LogP contribution in [0.4, 0.5) is 36.4 Å². The summed E-state index contributed by atoms with van der Waals surface area (Å²) in [5, 5.41) is 5.45. The van der Waals surface area contributed by atoms with Crippen molar-refractivity contribution in [2.75, 3.05) is 5.32 Å². The lowest BCUT2D eigenvalue weighted by Crippen LogP contribution is -2.16. The number of hydrogen-bond donors (Lipinski definition) is 1. The van der Waals surface area contributed by atoms with Crippen molar-refractivity contribution in [3.8, 4) is 11.3 Å². The Morgan fingerprint density at radius 1 is 1.00 bits per heavy atom. The molecule has 0 saturated heterocycles. The Hall–Kier alpha value is -3.37. The third-order valence-corrected chi connectivity index (χ3v) is 4.11. The van der Waals surface area contributed by atoms with Crippen LogP contribution in [0.15, 0.2) is 36.4 Å². The molecular weight excluding hydrogens is 419 g/mol. The summed E-state index contributed by atoms with van der Waals surface area (Å²) in [4.78, 5) is 12.1. The fourth-order valence-corrected chi connectivity index (χ4v) is 2.77. The van der Waals surface area contributed by atoms with Crippen LogP contribution < -0.4 is 5.32 Å². The van der Waals surface area contributed by atoms with Crippen molar-refractivity contribution in [1.29, 1.82) is 0 Å². The maximum atomic E-state index is 14.6. The molecule has 1 N–H and O–H groups in total. The van der Waals surface area contributed by atoms with Crippen LogP contribution in [-0.4, -0.2) is 15.7 Å². The highest BCUT2D eigenvalue weighted by Crippen LogP contribution is 2.33. The number of nitrogens with one attached hydrogen (secondary N) is 1. The van der Waals surface area contributed by atoms with E-state index in [1.807, 2.05) is 0 Å². The lowest BCUT2D eigenvalue weighted by Gasteiger charge is -2.10. The van der Waals surface area contributed by atoms with E-state index < -0.39 is 46.6 Å². The van der Waals surface area contributed by atoms with E-state index >= 15 is 0 Å². The van der Waals surface area contributed by atoms with Crippen LogP contribution >= 0.6 is 0 Å². The Labute approximate surface area is 164 Å². The number of aromatic nitrogens is 2. The Balaban J connectivity index is 1.92. The topological polar surface area (TPSA) is 46.9 Å². The van der Waals surface area contributed by atoms with Gasteiger partial charge in [0.2, 0.25) is 0 Å². The zero-order valence-electron chi connectivity index (χ0n) is 15.1. The molecule has 0 aliphatic rings. The van der Waals surface area contributed by atoms with Crippen molar-refractivity contribution in [2.45, 2.75) is 19.6 Å². The summed E-state index contributed by atoms with van der Waals surface area (Å²) >= 11 is 0. The Bertz CT molecular complexity index is 1100. The first kappa shape index (κ1) is 21.3. The standard InChI is InChI=1S/C19H12F7N3O/c1-2-29-15(8-16(28-29)19(24,25)26)11-4-3-10(7-12(11)21)27-18(30)17-13(22)5-9(20)6-14(17)23/h3-8H,2H2,1H3,(H,27,30). The van der Waals surface area contributed by atoms with Crippen LogP contribution in [0.2, 0.25) is 0 Å². The van der Waals surface area contributed by atoms with Gasteiger partial charge in [0.25, 0.3) is 5.91 Å². The molecule has 0 saturated carbocycles. The molecule has 30 heavy (non-hydrogen) atoms. The number of aryl methyl sites for hydroxylation is 1. The molecule has 158 valence electrons. The number of alkyl halides is 3. The average Bonchev–Trinajstić information content (AvgIpc) is 3.05. The summed E-state index contributed by atoms with van der Waals surface area (Å²) < 4.78 is 94.5. The molecule has 1 aromatic heterocycles. The molecule has 3 rings (SSSR count). The van der Waals surface area contributed by atoms with E-state index in [1.165, 1.54) is 6.92 Å². The average molecular weight is 431 g/mol. The van der Waals surface area contributed by atoms with Crippen LogP contribution in [0.1, 0.15) is 23.0 Å². The van der Waals surface area contributed by atoms with Crippen molar-refractivity contribution >= 4 is 11.6 Å². The van der Waals surface area contributed by atoms with Gasteiger partial charge in [-0.1, -0.05) is 0 Å². The number of carbonyl (C=O) groups excluding carboxylic acids is 1. The van der Waals surface area contributed by atoms with Gasteiger partial charge >= 0.3 is 6.18 Å². The first-order valence-electron chi connectivity index (χ1n) is 8.42. The second kappa shape index (κ2) is 7.81. The van der Waals surface area contributed by atoms with Crippen molar-refractivity contribution in [1.82, 2.24) is 9.78 Å². The van der Waals surface area contributed by atoms with E-state index in [9.17, 15) is 35.5 Å². The van der Waals surface area contributed by atoms with Gasteiger partial charge in [0.15, 0.2) is 5.69 Å². The van der Waals surface area contributed by atoms with Gasteiger partial charge in [0.1, 0.15) is 28.8 Å². The molecule has 2 aromatic carbocycles. The third-order valence-electron chi connectivity index (χ3n) is 4.11. The van der Waals surface area contributed by atoms with E-state index in [4.69, 9.17) is 0 Å². The number of rotatable bonds is 4. The monoisotopic (exact) mass is 431 g/mol. The molecule has 0 bridgehead atoms. The third kappa shape index (κ3) is 4.14. The molecule has 4 nitrogen and oxygen atoms in total. The van der Waals surface area contributed by atoms with E-state index in [0.717, 1.165) is 22.9 Å². The molecule has 1 amide bonds. The zero-order valence-corrected chi connectivity index (χ0v) is 15.1. The highest BCUT2D eigenvalue weighted by molar-refractivity contribution is 6.04. The first-order valence-corrected chi connectivity index (χ1v) is 8.42. The highest BCUT2D eigenvalue weighted by Gasteiger charge is 2.35. The van der Waals surface area contributed by atoms with Gasteiger partial charge < -0.3 is 5.32 Å². The van der Waals surface area contributed by atoms with Crippen molar-refractivity contribution in [3.05, 3.63) is 70.9 Å². The predicted molar refractivity (Wildman–Crippen MR) is 92.6 cm³/mol. The number of benzene rings is 2. The molecule has 11 heteroatoms. The molecule has 0 spiro atoms. The van der Waals surface area contributed by atoms with Crippen LogP contribution in [0.3, 0.4) is 0 Å². The Morgan fingerprint density at radius 2 is 1.63 bits per heavy atom. The van der Waals surface area contributed by atoms with Gasteiger partial charge in [0.05, 0.1) is 5.69 Å². The molecule has 0 aliphatic heterocycles. The van der Waals surface area contributed by atoms with Crippen LogP contribution in [0.5, 0.6) is 0 Å². The van der Waals surface area contributed by atoms with Crippen molar-refractivity contribution in [2.24, 2.45) is 0 Å². The summed E-state index contributed by atoms with van der Waals surface area (Å²) in [5.74, 6) is -6.42. The van der Waals surface area contributed by atoms with Gasteiger partial charge in [-0.15, -0.1) is 0 Å². The number of amides is 1. The molecule has 1 heterocycles. The molecule has 0 aliphatic carbocycles. The molecule has 3 aromatic rings. The number of carbonyl (C=O) groups is 1. The molecule has 0 radical (unpaired) electrons. The highest BCUT2D eigenvalue weighted by atomic mass is 19.4. The lowest BCUT2D eigenvalue weighted by atomic mass is 10.1. The van der Waals surface area contributed by atoms with Gasteiger partial charge in [0, 0.05) is 29.9 Å². The Morgan fingerprint density at radius 3 is 2.17 bits per heavy atom. The summed E-state index contributed by atoms with van der Waals surface area (Å²) in [6.45, 7) is 1.56. The largest absolute Gasteiger partial charge is 0.435 e. The number of nitrogens with zero attached hydrogens (tertiary/aromatic N) is 2. The zero-order chi connectivity index (χ0) is 22.2. The maximum Gasteiger partial charge on any atom is 0.435 e. The smallest absolute Gasteiger partial charge is 0.322 e. The lowest BCUT2D eigenvalue weighted by molar-refractivity contribution is -0.141. The predicted octanol–water partition coefficient (Wildman–Crippen LogP) is 5.40. The van der Waals surface area contributed by atoms with Crippen LogP contribution in [0.25, 0.3) is 11.3 Å². The minimum Gasteiger partial charge on any atom is -0.322 e. The minimum absolute atomic E-state index is 0.0342. The van der Waals surface area contributed by atoms with E-state index in [-0.39, 0.29) is 23.5 Å². The van der Waals surface area contributed by atoms with Crippen molar-refractivity contribution in [3.63, 3.8) is 0 Å². The molecular formula is C19H12F7N3O. The number of halogens is 7. The van der Waals surface area contributed by atoms with Gasteiger partial charge in [-0.25, -0.2) is 17.6 Å². The summed E-state index contributed by atoms with van der Waals surface area (Å²) in [5.41, 5.74) is -2.85. The van der Waals surface area contributed by atoms with E-state index in [1.54, 1.807) is 0 Å². The van der Waals surface area contributed by atoms with Crippen LogP contribution in [0, 0.1) is 23.3 Å². The van der Waals surface area contributed by atoms with Gasteiger partial charge in [-0.05, 0) is 31.2 Å². The molecule has 0 unspecified atom stereocenters. The van der Waals surface area contributed by atoms with E-state index in [0.29, 0.717) is 18.2 Å². The molecule has 0 atom stereocenters. The first-order chi connectivity index (χ1) is 14.0. The second-order valence-corrected chi connectivity index (χ2v) is 6.12. The second-order valence-electron chi connectivity index (χ2n) is 6.12. The summed E-state index contributed by atoms with van der Waals surface area (Å²) in [7, 11) is 0. The number of hydrogen-bond acceptors (Lipinski definition) is 2. The Kier molecular flexibility index (Phi) is 5.55. The van der Waals surface area contributed by atoms with Crippen molar-refractivity contribution < 1.29 is 35.5 Å². The van der Waals surface area contributed by atoms with Gasteiger partial charge in [-0.3, -0.25) is 9.48 Å². The van der Waals surface area contributed by atoms with Gasteiger partial charge in [-0.2, -0.15) is 18.3 Å².